The SMILES string of the molecule is C[C@@H]1CC[C@@H](Cn2cnc3nc(-c4noc(=O)[nH]4)nc(N[C@H](C)C4CCC4)c32)CC1(F)F. The van der Waals surface area contributed by atoms with Gasteiger partial charge in [-0.2, -0.15) is 0 Å². The second kappa shape index (κ2) is 7.93. The molecule has 5 rings (SSSR count). The lowest BCUT2D eigenvalue weighted by Crippen LogP contribution is -2.35. The van der Waals surface area contributed by atoms with E-state index in [1.165, 1.54) is 6.42 Å². The largest absolute Gasteiger partial charge is 0.439 e. The van der Waals surface area contributed by atoms with E-state index in [2.05, 4.69) is 41.9 Å². The number of H-pyrrole nitrogens is 1. The van der Waals surface area contributed by atoms with Gasteiger partial charge in [0.1, 0.15) is 5.52 Å². The average Bonchev–Trinajstić information content (AvgIpc) is 3.29. The third kappa shape index (κ3) is 3.88. The summed E-state index contributed by atoms with van der Waals surface area (Å²) in [5.41, 5.74) is 1.09. The molecule has 2 aliphatic carbocycles. The average molecular weight is 447 g/mol. The summed E-state index contributed by atoms with van der Waals surface area (Å²) in [7, 11) is 0. The molecule has 0 saturated heterocycles. The maximum atomic E-state index is 14.3. The molecule has 172 valence electrons. The Morgan fingerprint density at radius 1 is 1.31 bits per heavy atom. The van der Waals surface area contributed by atoms with Gasteiger partial charge in [-0.05, 0) is 44.4 Å². The number of hydrogen-bond acceptors (Lipinski definition) is 7. The normalized spacial score (nSPS) is 24.4. The number of hydrogen-bond donors (Lipinski definition) is 2. The van der Waals surface area contributed by atoms with E-state index >= 15 is 0 Å². The van der Waals surface area contributed by atoms with Gasteiger partial charge in [-0.1, -0.05) is 18.5 Å². The zero-order chi connectivity index (χ0) is 22.5. The van der Waals surface area contributed by atoms with Crippen LogP contribution in [0, 0.1) is 17.8 Å². The zero-order valence-corrected chi connectivity index (χ0v) is 18.1. The fraction of sp³-hybridized carbons (Fsp3) is 0.667. The molecular formula is C21H27F2N7O2. The lowest BCUT2D eigenvalue weighted by Gasteiger charge is -2.34. The molecule has 3 heterocycles. The van der Waals surface area contributed by atoms with E-state index < -0.39 is 17.6 Å². The van der Waals surface area contributed by atoms with Crippen molar-refractivity contribution >= 4 is 17.0 Å². The molecule has 0 radical (unpaired) electrons. The molecule has 11 heteroatoms. The van der Waals surface area contributed by atoms with Gasteiger partial charge < -0.3 is 9.88 Å². The number of aromatic nitrogens is 6. The van der Waals surface area contributed by atoms with E-state index in [1.807, 2.05) is 4.57 Å². The van der Waals surface area contributed by atoms with Gasteiger partial charge in [0.05, 0.1) is 6.33 Å². The third-order valence-electron chi connectivity index (χ3n) is 7.09. The van der Waals surface area contributed by atoms with Crippen LogP contribution in [-0.2, 0) is 6.54 Å². The highest BCUT2D eigenvalue weighted by Gasteiger charge is 2.42. The minimum Gasteiger partial charge on any atom is -0.365 e. The van der Waals surface area contributed by atoms with Gasteiger partial charge in [-0.25, -0.2) is 28.5 Å². The third-order valence-corrected chi connectivity index (χ3v) is 7.09. The predicted octanol–water partition coefficient (Wildman–Crippen LogP) is 3.84. The van der Waals surface area contributed by atoms with Crippen LogP contribution in [0.15, 0.2) is 15.6 Å². The summed E-state index contributed by atoms with van der Waals surface area (Å²) < 4.78 is 35.1. The minimum absolute atomic E-state index is 0.117. The Labute approximate surface area is 183 Å². The van der Waals surface area contributed by atoms with Gasteiger partial charge in [-0.15, -0.1) is 0 Å². The van der Waals surface area contributed by atoms with E-state index in [0.29, 0.717) is 35.9 Å². The van der Waals surface area contributed by atoms with E-state index in [0.717, 1.165) is 19.3 Å². The molecule has 2 N–H and O–H groups in total. The van der Waals surface area contributed by atoms with Crippen molar-refractivity contribution in [1.82, 2.24) is 29.7 Å². The Kier molecular flexibility index (Phi) is 5.21. The Morgan fingerprint density at radius 3 is 2.78 bits per heavy atom. The fourth-order valence-corrected chi connectivity index (χ4v) is 4.74. The monoisotopic (exact) mass is 447 g/mol. The molecule has 0 amide bonds. The summed E-state index contributed by atoms with van der Waals surface area (Å²) in [5.74, 6) is -2.68. The highest BCUT2D eigenvalue weighted by atomic mass is 19.3. The quantitative estimate of drug-likeness (QED) is 0.590. The molecule has 3 atom stereocenters. The van der Waals surface area contributed by atoms with Gasteiger partial charge >= 0.3 is 5.76 Å². The minimum atomic E-state index is -2.65. The Morgan fingerprint density at radius 2 is 2.12 bits per heavy atom. The summed E-state index contributed by atoms with van der Waals surface area (Å²) in [6.45, 7) is 4.16. The number of halogens is 2. The molecule has 0 aliphatic heterocycles. The first-order valence-corrected chi connectivity index (χ1v) is 11.2. The van der Waals surface area contributed by atoms with E-state index in [1.54, 1.807) is 13.3 Å². The Balaban J connectivity index is 1.50. The van der Waals surface area contributed by atoms with Crippen molar-refractivity contribution in [1.29, 1.82) is 0 Å². The number of fused-ring (bicyclic) bond motifs is 1. The van der Waals surface area contributed by atoms with Crippen molar-refractivity contribution in [3.63, 3.8) is 0 Å². The first-order chi connectivity index (χ1) is 15.3. The van der Waals surface area contributed by atoms with Crippen molar-refractivity contribution < 1.29 is 13.3 Å². The summed E-state index contributed by atoms with van der Waals surface area (Å²) >= 11 is 0. The lowest BCUT2D eigenvalue weighted by atomic mass is 9.80. The first kappa shape index (κ1) is 21.0. The molecule has 0 bridgehead atoms. The molecule has 0 aromatic carbocycles. The molecule has 3 aromatic rings. The second-order valence-electron chi connectivity index (χ2n) is 9.34. The summed E-state index contributed by atoms with van der Waals surface area (Å²) in [6, 6.07) is 0.175. The van der Waals surface area contributed by atoms with Gasteiger partial charge in [0, 0.05) is 24.9 Å². The molecule has 3 aromatic heterocycles. The second-order valence-corrected chi connectivity index (χ2v) is 9.34. The van der Waals surface area contributed by atoms with Crippen LogP contribution in [0.3, 0.4) is 0 Å². The molecule has 2 aliphatic rings. The first-order valence-electron chi connectivity index (χ1n) is 11.2. The van der Waals surface area contributed by atoms with Crippen LogP contribution in [0.2, 0.25) is 0 Å². The predicted molar refractivity (Wildman–Crippen MR) is 113 cm³/mol. The number of rotatable bonds is 6. The van der Waals surface area contributed by atoms with Crippen LogP contribution < -0.4 is 11.1 Å². The summed E-state index contributed by atoms with van der Waals surface area (Å²) in [4.78, 5) is 27.3. The van der Waals surface area contributed by atoms with Crippen LogP contribution in [0.4, 0.5) is 14.6 Å². The Bertz CT molecular complexity index is 1170. The van der Waals surface area contributed by atoms with Gasteiger partial charge in [-0.3, -0.25) is 9.51 Å². The topological polar surface area (TPSA) is 115 Å². The van der Waals surface area contributed by atoms with Gasteiger partial charge in [0.25, 0.3) is 5.92 Å². The van der Waals surface area contributed by atoms with Crippen LogP contribution in [-0.4, -0.2) is 41.6 Å². The highest BCUT2D eigenvalue weighted by molar-refractivity contribution is 5.85. The molecule has 0 spiro atoms. The van der Waals surface area contributed by atoms with Crippen LogP contribution in [0.5, 0.6) is 0 Å². The molecule has 2 fully saturated rings. The summed E-state index contributed by atoms with van der Waals surface area (Å²) in [6.07, 6.45) is 6.28. The maximum Gasteiger partial charge on any atom is 0.439 e. The van der Waals surface area contributed by atoms with E-state index in [9.17, 15) is 13.6 Å². The molecule has 9 nitrogen and oxygen atoms in total. The lowest BCUT2D eigenvalue weighted by molar-refractivity contribution is -0.0970. The molecule has 0 unspecified atom stereocenters. The smallest absolute Gasteiger partial charge is 0.365 e. The van der Waals surface area contributed by atoms with Crippen LogP contribution in [0.1, 0.15) is 52.4 Å². The van der Waals surface area contributed by atoms with Crippen molar-refractivity contribution in [2.75, 3.05) is 5.32 Å². The molecular weight excluding hydrogens is 420 g/mol. The van der Waals surface area contributed by atoms with Crippen LogP contribution in [0.25, 0.3) is 22.8 Å². The van der Waals surface area contributed by atoms with Crippen molar-refractivity contribution in [3.8, 4) is 11.6 Å². The number of imidazole rings is 1. The van der Waals surface area contributed by atoms with Crippen molar-refractivity contribution in [2.24, 2.45) is 17.8 Å². The van der Waals surface area contributed by atoms with Crippen molar-refractivity contribution in [2.45, 2.75) is 70.9 Å². The number of nitrogens with zero attached hydrogens (tertiary/aromatic N) is 5. The number of aromatic amines is 1. The fourth-order valence-electron chi connectivity index (χ4n) is 4.74. The number of nitrogens with one attached hydrogen (secondary N) is 2. The molecule has 32 heavy (non-hydrogen) atoms. The van der Waals surface area contributed by atoms with Gasteiger partial charge in [0.15, 0.2) is 11.5 Å². The highest BCUT2D eigenvalue weighted by Crippen LogP contribution is 2.42. The van der Waals surface area contributed by atoms with E-state index in [4.69, 9.17) is 0 Å². The zero-order valence-electron chi connectivity index (χ0n) is 18.1. The number of alkyl halides is 2. The standard InChI is InChI=1S/C21H27F2N7O2/c1-11-6-7-13(8-21(11,22)23)9-30-10-24-16-15(30)17(25-12(2)14-4-3-5-14)27-18(26-16)19-28-20(31)32-29-19/h10-14H,3-9H2,1-2H3,(H,25,26,27)(H,28,29,31)/t11-,12-,13-/m1/s1. The number of anilines is 1. The maximum absolute atomic E-state index is 14.3. The Hall–Kier alpha value is -2.85. The van der Waals surface area contributed by atoms with Crippen molar-refractivity contribution in [3.05, 3.63) is 16.9 Å². The summed E-state index contributed by atoms with van der Waals surface area (Å²) in [5, 5.41) is 7.17. The van der Waals surface area contributed by atoms with Crippen LogP contribution >= 0.6 is 0 Å². The van der Waals surface area contributed by atoms with E-state index in [-0.39, 0.29) is 30.0 Å². The molecule has 2 saturated carbocycles. The van der Waals surface area contributed by atoms with Gasteiger partial charge in [0.2, 0.25) is 11.6 Å².